The minimum atomic E-state index is -4.47. The molecule has 2 atom stereocenters. The summed E-state index contributed by atoms with van der Waals surface area (Å²) in [6.07, 6.45) is -7.42. The Bertz CT molecular complexity index is 420. The Morgan fingerprint density at radius 2 is 1.75 bits per heavy atom. The Hall–Kier alpha value is -1.14. The molecule has 6 heteroatoms. The predicted molar refractivity (Wildman–Crippen MR) is 68.9 cm³/mol. The van der Waals surface area contributed by atoms with E-state index in [0.717, 1.165) is 6.92 Å². The van der Waals surface area contributed by atoms with Gasteiger partial charge in [-0.15, -0.1) is 0 Å². The molecule has 0 aliphatic rings. The van der Waals surface area contributed by atoms with Crippen molar-refractivity contribution in [1.82, 2.24) is 5.32 Å². The third-order valence-electron chi connectivity index (χ3n) is 2.79. The summed E-state index contributed by atoms with van der Waals surface area (Å²) >= 11 is 0. The molecule has 1 aromatic rings. The zero-order valence-electron chi connectivity index (χ0n) is 11.7. The van der Waals surface area contributed by atoms with Gasteiger partial charge in [-0.1, -0.05) is 32.0 Å². The summed E-state index contributed by atoms with van der Waals surface area (Å²) in [5, 5.41) is 2.97. The van der Waals surface area contributed by atoms with Crippen LogP contribution in [0.4, 0.5) is 17.6 Å². The topological polar surface area (TPSA) is 21.3 Å². The van der Waals surface area contributed by atoms with E-state index >= 15 is 0 Å². The van der Waals surface area contributed by atoms with Gasteiger partial charge in [0.25, 0.3) is 0 Å². The van der Waals surface area contributed by atoms with E-state index in [2.05, 4.69) is 5.32 Å². The number of benzene rings is 1. The third-order valence-corrected chi connectivity index (χ3v) is 2.79. The average molecular weight is 293 g/mol. The normalized spacial score (nSPS) is 15.4. The van der Waals surface area contributed by atoms with Crippen molar-refractivity contribution in [1.29, 1.82) is 0 Å². The summed E-state index contributed by atoms with van der Waals surface area (Å²) in [5.41, 5.74) is 0.122. The van der Waals surface area contributed by atoms with Crippen molar-refractivity contribution in [2.45, 2.75) is 45.2 Å². The molecule has 0 fully saturated rings. The van der Waals surface area contributed by atoms with Crippen LogP contribution >= 0.6 is 0 Å². The van der Waals surface area contributed by atoms with Gasteiger partial charge in [0.1, 0.15) is 5.82 Å². The van der Waals surface area contributed by atoms with Gasteiger partial charge in [0.05, 0.1) is 6.10 Å². The second-order valence-corrected chi connectivity index (χ2v) is 4.89. The zero-order valence-corrected chi connectivity index (χ0v) is 11.7. The lowest BCUT2D eigenvalue weighted by molar-refractivity contribution is -0.227. The maximum Gasteiger partial charge on any atom is 0.414 e. The smallest absolute Gasteiger partial charge is 0.360 e. The van der Waals surface area contributed by atoms with E-state index in [4.69, 9.17) is 4.74 Å². The highest BCUT2D eigenvalue weighted by Crippen LogP contribution is 2.29. The van der Waals surface area contributed by atoms with Crippen LogP contribution in [0, 0.1) is 5.82 Å². The summed E-state index contributed by atoms with van der Waals surface area (Å²) in [6, 6.07) is 5.76. The third kappa shape index (κ3) is 5.09. The first-order valence-electron chi connectivity index (χ1n) is 6.41. The van der Waals surface area contributed by atoms with Gasteiger partial charge in [0, 0.05) is 18.2 Å². The quantitative estimate of drug-likeness (QED) is 0.805. The van der Waals surface area contributed by atoms with Gasteiger partial charge >= 0.3 is 6.18 Å². The van der Waals surface area contributed by atoms with Crippen LogP contribution in [0.2, 0.25) is 0 Å². The van der Waals surface area contributed by atoms with Crippen molar-refractivity contribution < 1.29 is 22.3 Å². The van der Waals surface area contributed by atoms with E-state index in [1.54, 1.807) is 6.07 Å². The van der Waals surface area contributed by atoms with Gasteiger partial charge in [0.2, 0.25) is 0 Å². The fraction of sp³-hybridized carbons (Fsp3) is 0.571. The highest BCUT2D eigenvalue weighted by atomic mass is 19.4. The van der Waals surface area contributed by atoms with Crippen molar-refractivity contribution in [2.24, 2.45) is 0 Å². The van der Waals surface area contributed by atoms with Crippen molar-refractivity contribution in [3.05, 3.63) is 35.6 Å². The number of nitrogens with one attached hydrogen (secondary N) is 1. The molecule has 0 radical (unpaired) electrons. The highest BCUT2D eigenvalue weighted by molar-refractivity contribution is 5.20. The molecule has 1 aromatic carbocycles. The molecule has 0 saturated heterocycles. The largest absolute Gasteiger partial charge is 0.414 e. The van der Waals surface area contributed by atoms with Gasteiger partial charge in [0.15, 0.2) is 6.10 Å². The van der Waals surface area contributed by atoms with Crippen LogP contribution in [0.25, 0.3) is 0 Å². The first-order chi connectivity index (χ1) is 9.21. The van der Waals surface area contributed by atoms with Crippen LogP contribution in [-0.2, 0) is 4.74 Å². The molecule has 2 nitrogen and oxygen atoms in total. The summed E-state index contributed by atoms with van der Waals surface area (Å²) in [6.45, 7) is 4.74. The lowest BCUT2D eigenvalue weighted by Gasteiger charge is -2.25. The van der Waals surface area contributed by atoms with Gasteiger partial charge in [-0.2, -0.15) is 13.2 Å². The minimum Gasteiger partial charge on any atom is -0.360 e. The second kappa shape index (κ2) is 7.04. The van der Waals surface area contributed by atoms with Crippen LogP contribution in [0.5, 0.6) is 0 Å². The van der Waals surface area contributed by atoms with Gasteiger partial charge in [-0.25, -0.2) is 4.39 Å². The first-order valence-corrected chi connectivity index (χ1v) is 6.41. The first kappa shape index (κ1) is 16.9. The van der Waals surface area contributed by atoms with Crippen LogP contribution in [0.3, 0.4) is 0 Å². The Balaban J connectivity index is 2.88. The maximum absolute atomic E-state index is 13.7. The van der Waals surface area contributed by atoms with Crippen molar-refractivity contribution in [3.63, 3.8) is 0 Å². The lowest BCUT2D eigenvalue weighted by Crippen LogP contribution is -2.35. The van der Waals surface area contributed by atoms with Crippen molar-refractivity contribution in [2.75, 3.05) is 6.54 Å². The van der Waals surface area contributed by atoms with Gasteiger partial charge in [-0.3, -0.25) is 0 Å². The fourth-order valence-electron chi connectivity index (χ4n) is 1.63. The van der Waals surface area contributed by atoms with Crippen LogP contribution in [-0.4, -0.2) is 24.9 Å². The molecule has 0 aliphatic heterocycles. The lowest BCUT2D eigenvalue weighted by atomic mass is 10.1. The molecule has 1 N–H and O–H groups in total. The van der Waals surface area contributed by atoms with E-state index in [-0.39, 0.29) is 18.2 Å². The number of hydrogen-bond acceptors (Lipinski definition) is 2. The van der Waals surface area contributed by atoms with Crippen LogP contribution in [0.1, 0.15) is 32.4 Å². The number of hydrogen-bond donors (Lipinski definition) is 1. The molecule has 114 valence electrons. The molecule has 0 bridgehead atoms. The molecule has 0 heterocycles. The molecule has 1 rings (SSSR count). The second-order valence-electron chi connectivity index (χ2n) is 4.89. The minimum absolute atomic E-state index is 0.0640. The molecule has 2 unspecified atom stereocenters. The predicted octanol–water partition coefficient (Wildman–Crippen LogP) is 3.83. The highest BCUT2D eigenvalue weighted by Gasteiger charge is 2.39. The molecule has 0 aromatic heterocycles. The summed E-state index contributed by atoms with van der Waals surface area (Å²) in [4.78, 5) is 0. The van der Waals surface area contributed by atoms with E-state index in [1.807, 2.05) is 13.8 Å². The maximum atomic E-state index is 13.7. The molecule has 0 spiro atoms. The van der Waals surface area contributed by atoms with E-state index in [9.17, 15) is 17.6 Å². The Kier molecular flexibility index (Phi) is 5.95. The van der Waals surface area contributed by atoms with Crippen LogP contribution in [0.15, 0.2) is 24.3 Å². The Morgan fingerprint density at radius 3 is 2.25 bits per heavy atom. The zero-order chi connectivity index (χ0) is 15.3. The van der Waals surface area contributed by atoms with Crippen molar-refractivity contribution >= 4 is 0 Å². The molecule has 20 heavy (non-hydrogen) atoms. The number of alkyl halides is 3. The number of ether oxygens (including phenoxy) is 1. The summed E-state index contributed by atoms with van der Waals surface area (Å²) < 4.78 is 56.5. The van der Waals surface area contributed by atoms with E-state index in [0.29, 0.717) is 0 Å². The Morgan fingerprint density at radius 1 is 1.15 bits per heavy atom. The van der Waals surface area contributed by atoms with E-state index < -0.39 is 24.2 Å². The fourth-order valence-corrected chi connectivity index (χ4v) is 1.63. The van der Waals surface area contributed by atoms with E-state index in [1.165, 1.54) is 18.2 Å². The monoisotopic (exact) mass is 293 g/mol. The molecular formula is C14H19F4NO. The van der Waals surface area contributed by atoms with Gasteiger partial charge < -0.3 is 10.1 Å². The summed E-state index contributed by atoms with van der Waals surface area (Å²) in [5.74, 6) is -0.572. The molecule has 0 saturated carbocycles. The Labute approximate surface area is 116 Å². The molecule has 0 amide bonds. The summed E-state index contributed by atoms with van der Waals surface area (Å²) in [7, 11) is 0. The van der Waals surface area contributed by atoms with Crippen LogP contribution < -0.4 is 5.32 Å². The average Bonchev–Trinajstić information content (AvgIpc) is 2.33. The SMILES string of the molecule is CC(C)NCC(OC(C)C(F)(F)F)c1ccccc1F. The molecule has 0 aliphatic carbocycles. The van der Waals surface area contributed by atoms with Crippen molar-refractivity contribution in [3.8, 4) is 0 Å². The van der Waals surface area contributed by atoms with Gasteiger partial charge in [-0.05, 0) is 13.0 Å². The molecular weight excluding hydrogens is 274 g/mol. The number of halogens is 4. The standard InChI is InChI=1S/C14H19F4NO/c1-9(2)19-8-13(20-10(3)14(16,17)18)11-6-4-5-7-12(11)15/h4-7,9-10,13,19H,8H2,1-3H3. The number of rotatable bonds is 6.